The molecule has 4 rings (SSSR count). The van der Waals surface area contributed by atoms with Crippen molar-refractivity contribution in [3.8, 4) is 0 Å². The third kappa shape index (κ3) is 1.53. The van der Waals surface area contributed by atoms with Crippen LogP contribution in [0.1, 0.15) is 28.8 Å². The van der Waals surface area contributed by atoms with Gasteiger partial charge in [0, 0.05) is 35.1 Å². The molecule has 2 aromatic heterocycles. The zero-order valence-corrected chi connectivity index (χ0v) is 11.0. The highest BCUT2D eigenvalue weighted by Gasteiger charge is 2.51. The van der Waals surface area contributed by atoms with Gasteiger partial charge in [-0.05, 0) is 24.5 Å². The Balaban J connectivity index is 1.82. The Hall–Kier alpha value is -2.42. The highest BCUT2D eigenvalue weighted by molar-refractivity contribution is 6.13. The minimum Gasteiger partial charge on any atom is -0.360 e. The van der Waals surface area contributed by atoms with E-state index in [-0.39, 0.29) is 11.2 Å². The van der Waals surface area contributed by atoms with Crippen LogP contribution < -0.4 is 0 Å². The number of benzene rings is 1. The molecule has 3 heteroatoms. The van der Waals surface area contributed by atoms with Gasteiger partial charge < -0.3 is 4.98 Å². The number of aromatic nitrogens is 2. The number of hydrogen-bond donors (Lipinski definition) is 1. The average molecular weight is 262 g/mol. The van der Waals surface area contributed by atoms with E-state index in [4.69, 9.17) is 0 Å². The summed E-state index contributed by atoms with van der Waals surface area (Å²) in [5.74, 6) is 0.211. The summed E-state index contributed by atoms with van der Waals surface area (Å²) in [7, 11) is 0. The summed E-state index contributed by atoms with van der Waals surface area (Å²) in [6, 6.07) is 12.0. The molecule has 1 aliphatic carbocycles. The van der Waals surface area contributed by atoms with Crippen molar-refractivity contribution in [3.05, 3.63) is 66.1 Å². The number of aromatic amines is 1. The summed E-state index contributed by atoms with van der Waals surface area (Å²) in [6.07, 6.45) is 7.18. The Bertz CT molecular complexity index is 785. The molecule has 3 nitrogen and oxygen atoms in total. The number of Topliss-reactive ketones (excluding diaryl/α,β-unsaturated/α-hetero) is 1. The fraction of sp³-hybridized carbons (Fsp3) is 0.176. The van der Waals surface area contributed by atoms with E-state index < -0.39 is 0 Å². The molecule has 0 saturated heterocycles. The maximum absolute atomic E-state index is 13.0. The predicted octanol–water partition coefficient (Wildman–Crippen LogP) is 3.48. The van der Waals surface area contributed by atoms with Crippen LogP contribution in [0.2, 0.25) is 0 Å². The third-order valence-electron chi connectivity index (χ3n) is 4.24. The fourth-order valence-electron chi connectivity index (χ4n) is 2.94. The zero-order chi connectivity index (χ0) is 13.6. The molecule has 0 bridgehead atoms. The molecule has 0 unspecified atom stereocenters. The maximum Gasteiger partial charge on any atom is 0.175 e. The van der Waals surface area contributed by atoms with E-state index in [0.717, 1.165) is 34.9 Å². The highest BCUT2D eigenvalue weighted by Crippen LogP contribution is 2.50. The first kappa shape index (κ1) is 11.4. The minimum atomic E-state index is -0.313. The lowest BCUT2D eigenvalue weighted by Crippen LogP contribution is -2.20. The molecule has 0 aliphatic heterocycles. The molecule has 1 saturated carbocycles. The number of H-pyrrole nitrogens is 1. The van der Waals surface area contributed by atoms with Gasteiger partial charge in [-0.1, -0.05) is 30.3 Å². The molecular weight excluding hydrogens is 248 g/mol. The predicted molar refractivity (Wildman–Crippen MR) is 77.8 cm³/mol. The van der Waals surface area contributed by atoms with E-state index in [1.165, 1.54) is 0 Å². The quantitative estimate of drug-likeness (QED) is 0.734. The molecule has 98 valence electrons. The molecule has 1 aliphatic rings. The number of rotatable bonds is 3. The second-order valence-electron chi connectivity index (χ2n) is 5.40. The normalized spacial score (nSPS) is 16.2. The average Bonchev–Trinajstić information content (AvgIpc) is 3.21. The molecule has 0 radical (unpaired) electrons. The second-order valence-corrected chi connectivity index (χ2v) is 5.40. The van der Waals surface area contributed by atoms with Crippen LogP contribution in [-0.2, 0) is 5.41 Å². The molecule has 2 heterocycles. The van der Waals surface area contributed by atoms with Crippen LogP contribution in [0.15, 0.2) is 55.0 Å². The van der Waals surface area contributed by atoms with Crippen LogP contribution in [0.4, 0.5) is 0 Å². The van der Waals surface area contributed by atoms with Crippen molar-refractivity contribution in [2.45, 2.75) is 18.3 Å². The molecule has 0 spiro atoms. The van der Waals surface area contributed by atoms with Gasteiger partial charge in [0.1, 0.15) is 0 Å². The Morgan fingerprint density at radius 2 is 1.95 bits per heavy atom. The summed E-state index contributed by atoms with van der Waals surface area (Å²) in [4.78, 5) is 20.2. The molecule has 1 N–H and O–H groups in total. The first-order valence-electron chi connectivity index (χ1n) is 6.83. The standard InChI is InChI=1S/C17H14N2O/c20-16(14-11-19-15-6-9-18-10-13(14)15)17(7-8-17)12-4-2-1-3-5-12/h1-6,9-11,19H,7-8H2. The number of carbonyl (C=O) groups excluding carboxylic acids is 1. The molecule has 1 fully saturated rings. The van der Waals surface area contributed by atoms with E-state index in [1.54, 1.807) is 12.4 Å². The van der Waals surface area contributed by atoms with Crippen molar-refractivity contribution in [1.82, 2.24) is 9.97 Å². The minimum absolute atomic E-state index is 0.211. The number of ketones is 1. The van der Waals surface area contributed by atoms with Crippen molar-refractivity contribution < 1.29 is 4.79 Å². The van der Waals surface area contributed by atoms with Gasteiger partial charge in [0.15, 0.2) is 5.78 Å². The van der Waals surface area contributed by atoms with Crippen molar-refractivity contribution in [1.29, 1.82) is 0 Å². The summed E-state index contributed by atoms with van der Waals surface area (Å²) < 4.78 is 0. The van der Waals surface area contributed by atoms with Crippen molar-refractivity contribution in [3.63, 3.8) is 0 Å². The van der Waals surface area contributed by atoms with Gasteiger partial charge in [-0.3, -0.25) is 9.78 Å². The monoisotopic (exact) mass is 262 g/mol. The summed E-state index contributed by atoms with van der Waals surface area (Å²) in [5, 5.41) is 0.916. The molecule has 3 aromatic rings. The Kier molecular flexibility index (Phi) is 2.30. The van der Waals surface area contributed by atoms with Crippen LogP contribution in [-0.4, -0.2) is 15.8 Å². The summed E-state index contributed by atoms with van der Waals surface area (Å²) in [5.41, 5.74) is 2.54. The van der Waals surface area contributed by atoms with E-state index in [1.807, 2.05) is 30.5 Å². The molecule has 0 amide bonds. The van der Waals surface area contributed by atoms with E-state index in [0.29, 0.717) is 0 Å². The van der Waals surface area contributed by atoms with E-state index >= 15 is 0 Å². The van der Waals surface area contributed by atoms with Crippen LogP contribution in [0.5, 0.6) is 0 Å². The van der Waals surface area contributed by atoms with Gasteiger partial charge in [-0.25, -0.2) is 0 Å². The topological polar surface area (TPSA) is 45.8 Å². The third-order valence-corrected chi connectivity index (χ3v) is 4.24. The van der Waals surface area contributed by atoms with Crippen LogP contribution in [0.25, 0.3) is 10.9 Å². The lowest BCUT2D eigenvalue weighted by atomic mass is 9.87. The summed E-state index contributed by atoms with van der Waals surface area (Å²) in [6.45, 7) is 0. The van der Waals surface area contributed by atoms with Crippen LogP contribution >= 0.6 is 0 Å². The lowest BCUT2D eigenvalue weighted by Gasteiger charge is -2.13. The SMILES string of the molecule is O=C(c1c[nH]c2ccncc12)C1(c2ccccc2)CC1. The van der Waals surface area contributed by atoms with E-state index in [2.05, 4.69) is 22.1 Å². The van der Waals surface area contributed by atoms with Crippen LogP contribution in [0, 0.1) is 0 Å². The lowest BCUT2D eigenvalue weighted by molar-refractivity contribution is 0.0948. The Morgan fingerprint density at radius 3 is 2.70 bits per heavy atom. The van der Waals surface area contributed by atoms with Crippen molar-refractivity contribution in [2.24, 2.45) is 0 Å². The highest BCUT2D eigenvalue weighted by atomic mass is 16.1. The fourth-order valence-corrected chi connectivity index (χ4v) is 2.94. The first-order chi connectivity index (χ1) is 9.81. The maximum atomic E-state index is 13.0. The van der Waals surface area contributed by atoms with Gasteiger partial charge in [-0.2, -0.15) is 0 Å². The number of fused-ring (bicyclic) bond motifs is 1. The van der Waals surface area contributed by atoms with Gasteiger partial charge in [0.2, 0.25) is 0 Å². The van der Waals surface area contributed by atoms with Crippen molar-refractivity contribution in [2.75, 3.05) is 0 Å². The number of hydrogen-bond acceptors (Lipinski definition) is 2. The summed E-state index contributed by atoms with van der Waals surface area (Å²) >= 11 is 0. The molecule has 1 aromatic carbocycles. The second kappa shape index (κ2) is 4.04. The number of pyridine rings is 1. The molecule has 20 heavy (non-hydrogen) atoms. The van der Waals surface area contributed by atoms with Crippen LogP contribution in [0.3, 0.4) is 0 Å². The smallest absolute Gasteiger partial charge is 0.175 e. The zero-order valence-electron chi connectivity index (χ0n) is 11.0. The van der Waals surface area contributed by atoms with Gasteiger partial charge >= 0.3 is 0 Å². The number of nitrogens with one attached hydrogen (secondary N) is 1. The number of carbonyl (C=O) groups is 1. The Labute approximate surface area is 116 Å². The van der Waals surface area contributed by atoms with Gasteiger partial charge in [-0.15, -0.1) is 0 Å². The largest absolute Gasteiger partial charge is 0.360 e. The Morgan fingerprint density at radius 1 is 1.15 bits per heavy atom. The molecular formula is C17H14N2O. The van der Waals surface area contributed by atoms with E-state index in [9.17, 15) is 4.79 Å². The first-order valence-corrected chi connectivity index (χ1v) is 6.83. The van der Waals surface area contributed by atoms with Crippen molar-refractivity contribution >= 4 is 16.7 Å². The number of nitrogens with zero attached hydrogens (tertiary/aromatic N) is 1. The van der Waals surface area contributed by atoms with Gasteiger partial charge in [0.25, 0.3) is 0 Å². The molecule has 0 atom stereocenters. The van der Waals surface area contributed by atoms with Gasteiger partial charge in [0.05, 0.1) is 5.41 Å².